The van der Waals surface area contributed by atoms with Gasteiger partial charge in [0.15, 0.2) is 0 Å². The van der Waals surface area contributed by atoms with Crippen molar-refractivity contribution < 1.29 is 4.74 Å². The molecular formula is C15H25NO. The van der Waals surface area contributed by atoms with E-state index in [9.17, 15) is 0 Å². The first-order valence-corrected chi connectivity index (χ1v) is 6.55. The van der Waals surface area contributed by atoms with Gasteiger partial charge in [0.2, 0.25) is 0 Å². The van der Waals surface area contributed by atoms with Crippen LogP contribution in [0.3, 0.4) is 0 Å². The Hall–Kier alpha value is -0.860. The van der Waals surface area contributed by atoms with Crippen LogP contribution in [0.2, 0.25) is 0 Å². The Morgan fingerprint density at radius 1 is 1.29 bits per heavy atom. The summed E-state index contributed by atoms with van der Waals surface area (Å²) in [6, 6.07) is 9.11. The maximum absolute atomic E-state index is 5.54. The number of methoxy groups -OCH3 is 1. The van der Waals surface area contributed by atoms with Gasteiger partial charge in [-0.15, -0.1) is 0 Å². The highest BCUT2D eigenvalue weighted by atomic mass is 16.5. The molecule has 0 aliphatic heterocycles. The van der Waals surface area contributed by atoms with Crippen molar-refractivity contribution in [2.75, 3.05) is 14.2 Å². The summed E-state index contributed by atoms with van der Waals surface area (Å²) in [6.45, 7) is 4.38. The molecule has 0 spiro atoms. The molecule has 1 rings (SSSR count). The molecule has 0 fully saturated rings. The number of hydrogen-bond acceptors (Lipinski definition) is 2. The van der Waals surface area contributed by atoms with E-state index in [1.807, 2.05) is 7.05 Å². The predicted molar refractivity (Wildman–Crippen MR) is 73.3 cm³/mol. The molecule has 1 aromatic carbocycles. The van der Waals surface area contributed by atoms with Gasteiger partial charge in [0.25, 0.3) is 0 Å². The minimum atomic E-state index is 0.233. The molecule has 0 saturated heterocycles. The average Bonchev–Trinajstić information content (AvgIpc) is 2.36. The summed E-state index contributed by atoms with van der Waals surface area (Å²) in [6.07, 6.45) is 3.58. The molecule has 0 aromatic heterocycles. The van der Waals surface area contributed by atoms with Crippen molar-refractivity contribution in [3.8, 4) is 0 Å². The van der Waals surface area contributed by atoms with Gasteiger partial charge in [-0.2, -0.15) is 0 Å². The van der Waals surface area contributed by atoms with E-state index in [4.69, 9.17) is 4.74 Å². The highest BCUT2D eigenvalue weighted by Gasteiger charge is 2.19. The Morgan fingerprint density at radius 3 is 2.59 bits per heavy atom. The van der Waals surface area contributed by atoms with Crippen molar-refractivity contribution in [1.29, 1.82) is 0 Å². The third kappa shape index (κ3) is 3.83. The van der Waals surface area contributed by atoms with Gasteiger partial charge < -0.3 is 10.1 Å². The summed E-state index contributed by atoms with van der Waals surface area (Å²) >= 11 is 0. The Labute approximate surface area is 105 Å². The zero-order valence-electron chi connectivity index (χ0n) is 11.5. The largest absolute Gasteiger partial charge is 0.379 e. The molecule has 2 atom stereocenters. The second kappa shape index (κ2) is 7.46. The van der Waals surface area contributed by atoms with Crippen molar-refractivity contribution in [2.45, 2.75) is 45.3 Å². The van der Waals surface area contributed by atoms with E-state index in [2.05, 4.69) is 43.4 Å². The van der Waals surface area contributed by atoms with E-state index >= 15 is 0 Å². The van der Waals surface area contributed by atoms with Crippen molar-refractivity contribution in [1.82, 2.24) is 5.32 Å². The number of likely N-dealkylation sites (N-methyl/N-ethyl adjacent to an activating group) is 1. The Morgan fingerprint density at radius 2 is 2.06 bits per heavy atom. The van der Waals surface area contributed by atoms with Gasteiger partial charge in [-0.25, -0.2) is 0 Å². The topological polar surface area (TPSA) is 21.3 Å². The van der Waals surface area contributed by atoms with Crippen LogP contribution in [0, 0.1) is 0 Å². The van der Waals surface area contributed by atoms with E-state index in [1.54, 1.807) is 7.11 Å². The average molecular weight is 235 g/mol. The number of aryl methyl sites for hydroxylation is 1. The highest BCUT2D eigenvalue weighted by molar-refractivity contribution is 5.27. The van der Waals surface area contributed by atoms with Gasteiger partial charge in [0, 0.05) is 7.11 Å². The van der Waals surface area contributed by atoms with Gasteiger partial charge in [0.05, 0.1) is 12.1 Å². The SMILES string of the molecule is CCCc1cccc(C(NC)C(CC)OC)c1. The lowest BCUT2D eigenvalue weighted by Gasteiger charge is -2.25. The van der Waals surface area contributed by atoms with Gasteiger partial charge in [-0.3, -0.25) is 0 Å². The van der Waals surface area contributed by atoms with Crippen LogP contribution in [0.5, 0.6) is 0 Å². The molecule has 2 unspecified atom stereocenters. The molecule has 1 N–H and O–H groups in total. The van der Waals surface area contributed by atoms with E-state index < -0.39 is 0 Å². The fourth-order valence-electron chi connectivity index (χ4n) is 2.34. The van der Waals surface area contributed by atoms with Crippen LogP contribution in [-0.2, 0) is 11.2 Å². The summed E-state index contributed by atoms with van der Waals surface area (Å²) in [7, 11) is 3.78. The quantitative estimate of drug-likeness (QED) is 0.782. The van der Waals surface area contributed by atoms with E-state index in [1.165, 1.54) is 17.5 Å². The standard InChI is InChI=1S/C15H25NO/c1-5-8-12-9-7-10-13(11-12)15(16-3)14(6-2)17-4/h7,9-11,14-16H,5-6,8H2,1-4H3. The molecule has 0 amide bonds. The van der Waals surface area contributed by atoms with Crippen LogP contribution in [0.25, 0.3) is 0 Å². The molecule has 2 heteroatoms. The first-order chi connectivity index (χ1) is 8.26. The number of rotatable bonds is 7. The van der Waals surface area contributed by atoms with Crippen molar-refractivity contribution >= 4 is 0 Å². The Balaban J connectivity index is 2.90. The minimum absolute atomic E-state index is 0.233. The van der Waals surface area contributed by atoms with Crippen LogP contribution >= 0.6 is 0 Å². The molecule has 17 heavy (non-hydrogen) atoms. The molecule has 1 aromatic rings. The summed E-state index contributed by atoms with van der Waals surface area (Å²) in [5.74, 6) is 0. The fraction of sp³-hybridized carbons (Fsp3) is 0.600. The molecule has 96 valence electrons. The van der Waals surface area contributed by atoms with Crippen LogP contribution in [0.4, 0.5) is 0 Å². The van der Waals surface area contributed by atoms with Crippen LogP contribution in [-0.4, -0.2) is 20.3 Å². The first kappa shape index (κ1) is 14.2. The third-order valence-electron chi connectivity index (χ3n) is 3.24. The summed E-state index contributed by atoms with van der Waals surface area (Å²) in [5, 5.41) is 3.36. The summed E-state index contributed by atoms with van der Waals surface area (Å²) < 4.78 is 5.54. The number of ether oxygens (including phenoxy) is 1. The summed E-state index contributed by atoms with van der Waals surface area (Å²) in [5.41, 5.74) is 2.74. The van der Waals surface area contributed by atoms with Gasteiger partial charge >= 0.3 is 0 Å². The van der Waals surface area contributed by atoms with Gasteiger partial charge in [-0.05, 0) is 31.0 Å². The van der Waals surface area contributed by atoms with Gasteiger partial charge in [0.1, 0.15) is 0 Å². The maximum atomic E-state index is 5.54. The minimum Gasteiger partial charge on any atom is -0.379 e. The fourth-order valence-corrected chi connectivity index (χ4v) is 2.34. The van der Waals surface area contributed by atoms with E-state index in [0.29, 0.717) is 0 Å². The lowest BCUT2D eigenvalue weighted by atomic mass is 9.97. The van der Waals surface area contributed by atoms with Gasteiger partial charge in [-0.1, -0.05) is 44.5 Å². The molecule has 0 bridgehead atoms. The lowest BCUT2D eigenvalue weighted by molar-refractivity contribution is 0.0675. The zero-order valence-corrected chi connectivity index (χ0v) is 11.5. The molecule has 0 heterocycles. The van der Waals surface area contributed by atoms with Crippen molar-refractivity contribution in [3.63, 3.8) is 0 Å². The lowest BCUT2D eigenvalue weighted by Crippen LogP contribution is -2.30. The second-order valence-electron chi connectivity index (χ2n) is 4.44. The Kier molecular flexibility index (Phi) is 6.23. The normalized spacial score (nSPS) is 14.6. The molecule has 2 nitrogen and oxygen atoms in total. The maximum Gasteiger partial charge on any atom is 0.0763 e. The number of benzene rings is 1. The smallest absolute Gasteiger partial charge is 0.0763 e. The predicted octanol–water partition coefficient (Wildman–Crippen LogP) is 3.32. The number of hydrogen-bond donors (Lipinski definition) is 1. The molecule has 0 saturated carbocycles. The van der Waals surface area contributed by atoms with E-state index in [-0.39, 0.29) is 12.1 Å². The first-order valence-electron chi connectivity index (χ1n) is 6.55. The molecule has 0 aliphatic rings. The third-order valence-corrected chi connectivity index (χ3v) is 3.24. The molecule has 0 aliphatic carbocycles. The molecule has 0 radical (unpaired) electrons. The number of nitrogens with one attached hydrogen (secondary N) is 1. The molecular weight excluding hydrogens is 210 g/mol. The van der Waals surface area contributed by atoms with Crippen molar-refractivity contribution in [3.05, 3.63) is 35.4 Å². The monoisotopic (exact) mass is 235 g/mol. The summed E-state index contributed by atoms with van der Waals surface area (Å²) in [4.78, 5) is 0. The second-order valence-corrected chi connectivity index (χ2v) is 4.44. The van der Waals surface area contributed by atoms with Crippen LogP contribution in [0.15, 0.2) is 24.3 Å². The van der Waals surface area contributed by atoms with Crippen molar-refractivity contribution in [2.24, 2.45) is 0 Å². The Bertz CT molecular complexity index is 320. The highest BCUT2D eigenvalue weighted by Crippen LogP contribution is 2.22. The zero-order chi connectivity index (χ0) is 12.7. The van der Waals surface area contributed by atoms with Crippen LogP contribution < -0.4 is 5.32 Å². The van der Waals surface area contributed by atoms with Crippen LogP contribution in [0.1, 0.15) is 43.9 Å². The van der Waals surface area contributed by atoms with E-state index in [0.717, 1.165) is 12.8 Å².